The Kier molecular flexibility index (Phi) is 5.45. The van der Waals surface area contributed by atoms with E-state index in [-0.39, 0.29) is 11.4 Å². The molecule has 0 amide bonds. The second-order valence-electron chi connectivity index (χ2n) is 4.36. The van der Waals surface area contributed by atoms with Crippen molar-refractivity contribution < 1.29 is 18.4 Å². The van der Waals surface area contributed by atoms with Gasteiger partial charge in [0.2, 0.25) is 10.0 Å². The number of rotatable bonds is 7. The van der Waals surface area contributed by atoms with Crippen LogP contribution in [0.5, 0.6) is 0 Å². The lowest BCUT2D eigenvalue weighted by molar-refractivity contribution is -0.389. The zero-order valence-corrected chi connectivity index (χ0v) is 12.6. The lowest BCUT2D eigenvalue weighted by Gasteiger charge is -2.22. The summed E-state index contributed by atoms with van der Waals surface area (Å²) in [5, 5.41) is 20.3. The maximum absolute atomic E-state index is 11.9. The van der Waals surface area contributed by atoms with Crippen molar-refractivity contribution in [1.29, 1.82) is 0 Å². The monoisotopic (exact) mass is 321 g/mol. The van der Waals surface area contributed by atoms with Crippen LogP contribution in [0.2, 0.25) is 0 Å². The largest absolute Gasteiger partial charge is 0.388 e. The third-order valence-corrected chi connectivity index (χ3v) is 4.61. The molecule has 10 heteroatoms. The molecule has 112 valence electrons. The molecule has 1 aromatic rings. The van der Waals surface area contributed by atoms with Gasteiger partial charge in [0.25, 0.3) is 0 Å². The number of aliphatic hydroxyl groups is 1. The van der Waals surface area contributed by atoms with Gasteiger partial charge in [0.15, 0.2) is 6.20 Å². The predicted molar refractivity (Wildman–Crippen MR) is 75.1 cm³/mol. The van der Waals surface area contributed by atoms with Crippen LogP contribution in [0.1, 0.15) is 6.92 Å². The van der Waals surface area contributed by atoms with Crippen LogP contribution in [0, 0.1) is 10.1 Å². The molecule has 0 radical (unpaired) electrons. The minimum Gasteiger partial charge on any atom is -0.388 e. The van der Waals surface area contributed by atoms with Crippen LogP contribution in [-0.4, -0.2) is 47.6 Å². The summed E-state index contributed by atoms with van der Waals surface area (Å²) in [6.45, 7) is 1.35. The van der Waals surface area contributed by atoms with Crippen molar-refractivity contribution in [3.8, 4) is 0 Å². The number of pyridine rings is 1. The summed E-state index contributed by atoms with van der Waals surface area (Å²) in [5.41, 5.74) is -1.18. The molecule has 1 heterocycles. The van der Waals surface area contributed by atoms with E-state index in [0.29, 0.717) is 5.75 Å². The number of aromatic nitrogens is 1. The van der Waals surface area contributed by atoms with Crippen molar-refractivity contribution in [2.45, 2.75) is 17.4 Å². The number of nitro groups is 1. The number of nitrogens with one attached hydrogen (secondary N) is 1. The number of hydrogen-bond acceptors (Lipinski definition) is 7. The Morgan fingerprint density at radius 1 is 1.55 bits per heavy atom. The van der Waals surface area contributed by atoms with Gasteiger partial charge in [0, 0.05) is 18.4 Å². The van der Waals surface area contributed by atoms with Gasteiger partial charge in [-0.2, -0.15) is 11.8 Å². The highest BCUT2D eigenvalue weighted by Gasteiger charge is 2.24. The van der Waals surface area contributed by atoms with Crippen LogP contribution in [0.4, 0.5) is 5.82 Å². The molecular formula is C10H15N3O5S2. The standard InChI is InChI=1S/C10H15N3O5S2/c1-10(14,7-19-2)6-12-20(17,18)8-3-4-9(11-5-8)13(15)16/h3-5,12,14H,6-7H2,1-2H3. The maximum Gasteiger partial charge on any atom is 0.363 e. The number of hydrogen-bond donors (Lipinski definition) is 2. The molecule has 0 aliphatic heterocycles. The molecule has 1 aromatic heterocycles. The predicted octanol–water partition coefficient (Wildman–Crippen LogP) is 0.382. The molecule has 0 saturated carbocycles. The minimum absolute atomic E-state index is 0.160. The van der Waals surface area contributed by atoms with Crippen molar-refractivity contribution in [3.05, 3.63) is 28.4 Å². The van der Waals surface area contributed by atoms with Crippen LogP contribution in [0.15, 0.2) is 23.2 Å². The summed E-state index contributed by atoms with van der Waals surface area (Å²) >= 11 is 1.39. The molecule has 20 heavy (non-hydrogen) atoms. The van der Waals surface area contributed by atoms with Crippen molar-refractivity contribution in [2.75, 3.05) is 18.6 Å². The van der Waals surface area contributed by atoms with Crippen molar-refractivity contribution in [3.63, 3.8) is 0 Å². The van der Waals surface area contributed by atoms with Crippen molar-refractivity contribution >= 4 is 27.6 Å². The summed E-state index contributed by atoms with van der Waals surface area (Å²) in [6.07, 6.45) is 2.70. The Bertz CT molecular complexity index is 571. The Labute approximate surface area is 120 Å². The lowest BCUT2D eigenvalue weighted by atomic mass is 10.1. The first-order chi connectivity index (χ1) is 9.18. The zero-order valence-electron chi connectivity index (χ0n) is 10.9. The molecule has 1 unspecified atom stereocenters. The van der Waals surface area contributed by atoms with E-state index in [1.165, 1.54) is 18.7 Å². The van der Waals surface area contributed by atoms with E-state index >= 15 is 0 Å². The molecule has 1 rings (SSSR count). The first-order valence-electron chi connectivity index (χ1n) is 5.49. The number of sulfonamides is 1. The summed E-state index contributed by atoms with van der Waals surface area (Å²) < 4.78 is 26.1. The molecule has 0 spiro atoms. The van der Waals surface area contributed by atoms with Gasteiger partial charge >= 0.3 is 5.82 Å². The first-order valence-corrected chi connectivity index (χ1v) is 8.37. The normalized spacial score (nSPS) is 14.8. The topological polar surface area (TPSA) is 122 Å². The molecular weight excluding hydrogens is 306 g/mol. The van der Waals surface area contributed by atoms with Gasteiger partial charge in [-0.1, -0.05) is 0 Å². The minimum atomic E-state index is -3.86. The maximum atomic E-state index is 11.9. The first kappa shape index (κ1) is 16.8. The summed E-state index contributed by atoms with van der Waals surface area (Å²) in [4.78, 5) is 13.0. The van der Waals surface area contributed by atoms with Gasteiger partial charge < -0.3 is 15.2 Å². The summed E-state index contributed by atoms with van der Waals surface area (Å²) in [6, 6.07) is 2.10. The third kappa shape index (κ3) is 4.71. The molecule has 8 nitrogen and oxygen atoms in total. The van der Waals surface area contributed by atoms with Crippen LogP contribution in [-0.2, 0) is 10.0 Å². The van der Waals surface area contributed by atoms with Gasteiger partial charge in [-0.05, 0) is 29.2 Å². The van der Waals surface area contributed by atoms with E-state index in [9.17, 15) is 23.6 Å². The second kappa shape index (κ2) is 6.48. The molecule has 2 N–H and O–H groups in total. The van der Waals surface area contributed by atoms with Crippen molar-refractivity contribution in [2.24, 2.45) is 0 Å². The number of nitrogens with zero attached hydrogens (tertiary/aromatic N) is 2. The highest BCUT2D eigenvalue weighted by atomic mass is 32.2. The van der Waals surface area contributed by atoms with Crippen LogP contribution < -0.4 is 4.72 Å². The Hall–Kier alpha value is -1.23. The fourth-order valence-electron chi connectivity index (χ4n) is 1.34. The molecule has 0 aliphatic rings. The average Bonchev–Trinajstić information content (AvgIpc) is 2.37. The zero-order chi connectivity index (χ0) is 15.4. The molecule has 0 bridgehead atoms. The van der Waals surface area contributed by atoms with E-state index in [1.807, 2.05) is 0 Å². The lowest BCUT2D eigenvalue weighted by Crippen LogP contribution is -2.42. The third-order valence-electron chi connectivity index (χ3n) is 2.32. The average molecular weight is 321 g/mol. The SMILES string of the molecule is CSCC(C)(O)CNS(=O)(=O)c1ccc([N+](=O)[O-])nc1. The molecule has 0 fully saturated rings. The van der Waals surface area contributed by atoms with E-state index in [1.54, 1.807) is 6.26 Å². The molecule has 1 atom stereocenters. The highest BCUT2D eigenvalue weighted by molar-refractivity contribution is 7.98. The molecule has 0 aliphatic carbocycles. The fraction of sp³-hybridized carbons (Fsp3) is 0.500. The van der Waals surface area contributed by atoms with Gasteiger partial charge in [-0.25, -0.2) is 13.1 Å². The van der Waals surface area contributed by atoms with Gasteiger partial charge in [0.05, 0.1) is 5.60 Å². The van der Waals surface area contributed by atoms with Crippen molar-refractivity contribution in [1.82, 2.24) is 9.71 Å². The smallest absolute Gasteiger partial charge is 0.363 e. The Morgan fingerprint density at radius 2 is 2.20 bits per heavy atom. The van der Waals surface area contributed by atoms with Crippen LogP contribution in [0.3, 0.4) is 0 Å². The van der Waals surface area contributed by atoms with Gasteiger partial charge in [0.1, 0.15) is 4.90 Å². The quantitative estimate of drug-likeness (QED) is 0.550. The number of thioether (sulfide) groups is 1. The molecule has 0 aromatic carbocycles. The van der Waals surface area contributed by atoms with Gasteiger partial charge in [-0.3, -0.25) is 0 Å². The summed E-state index contributed by atoms with van der Waals surface area (Å²) in [7, 11) is -3.86. The van der Waals surface area contributed by atoms with Gasteiger partial charge in [-0.15, -0.1) is 0 Å². The summed E-state index contributed by atoms with van der Waals surface area (Å²) in [5.74, 6) is -0.0630. The van der Waals surface area contributed by atoms with Crippen LogP contribution >= 0.6 is 11.8 Å². The second-order valence-corrected chi connectivity index (χ2v) is 7.00. The Balaban J connectivity index is 2.81. The molecule has 0 saturated heterocycles. The van der Waals surface area contributed by atoms with E-state index < -0.39 is 26.4 Å². The van der Waals surface area contributed by atoms with E-state index in [4.69, 9.17) is 0 Å². The van der Waals surface area contributed by atoms with E-state index in [2.05, 4.69) is 9.71 Å². The van der Waals surface area contributed by atoms with E-state index in [0.717, 1.165) is 18.3 Å². The Morgan fingerprint density at radius 3 is 2.65 bits per heavy atom. The fourth-order valence-corrected chi connectivity index (χ4v) is 3.17. The highest BCUT2D eigenvalue weighted by Crippen LogP contribution is 2.14. The van der Waals surface area contributed by atoms with Crippen LogP contribution in [0.25, 0.3) is 0 Å².